The first-order valence-corrected chi connectivity index (χ1v) is 14.1. The molecule has 38 heavy (non-hydrogen) atoms. The normalized spacial score (nSPS) is 18.7. The Bertz CT molecular complexity index is 1430. The molecule has 5 rings (SSSR count). The minimum Gasteiger partial charge on any atom is -0.505 e. The molecular formula is C29H31N3O5S. The largest absolute Gasteiger partial charge is 0.505 e. The molecule has 2 aliphatic rings. The van der Waals surface area contributed by atoms with Gasteiger partial charge in [0, 0.05) is 56.1 Å². The molecule has 198 valence electrons. The number of methoxy groups -OCH3 is 1. The molecule has 2 aliphatic heterocycles. The number of piperazine rings is 1. The number of aliphatic hydroxyl groups excluding tert-OH is 1. The number of ether oxygens (including phenoxy) is 1. The molecule has 0 bridgehead atoms. The van der Waals surface area contributed by atoms with Crippen LogP contribution < -0.4 is 9.64 Å². The summed E-state index contributed by atoms with van der Waals surface area (Å²) in [4.78, 5) is 18.1. The van der Waals surface area contributed by atoms with E-state index in [-0.39, 0.29) is 28.5 Å². The van der Waals surface area contributed by atoms with Gasteiger partial charge in [-0.25, -0.2) is 8.42 Å². The maximum Gasteiger partial charge on any atom is 0.265 e. The number of para-hydroxylation sites is 1. The van der Waals surface area contributed by atoms with Gasteiger partial charge in [-0.05, 0) is 55.0 Å². The maximum atomic E-state index is 13.7. The third kappa shape index (κ3) is 4.99. The first kappa shape index (κ1) is 25.8. The van der Waals surface area contributed by atoms with Crippen LogP contribution in [0.1, 0.15) is 22.3 Å². The lowest BCUT2D eigenvalue weighted by Gasteiger charge is -2.37. The SMILES string of the molecule is COc1ccc(/C(O)=C2/C(=O)c3ccccc3S(=O)(=O)N2CCCN2CCN(c3ccccc3)CC2)cc1. The van der Waals surface area contributed by atoms with Gasteiger partial charge in [-0.15, -0.1) is 0 Å². The Morgan fingerprint density at radius 2 is 1.53 bits per heavy atom. The van der Waals surface area contributed by atoms with Crippen molar-refractivity contribution in [1.29, 1.82) is 0 Å². The van der Waals surface area contributed by atoms with Gasteiger partial charge in [-0.1, -0.05) is 30.3 Å². The van der Waals surface area contributed by atoms with Gasteiger partial charge < -0.3 is 14.7 Å². The Labute approximate surface area is 223 Å². The van der Waals surface area contributed by atoms with Crippen molar-refractivity contribution in [2.75, 3.05) is 51.3 Å². The smallest absolute Gasteiger partial charge is 0.265 e. The van der Waals surface area contributed by atoms with Gasteiger partial charge >= 0.3 is 0 Å². The fourth-order valence-electron chi connectivity index (χ4n) is 5.01. The molecular weight excluding hydrogens is 502 g/mol. The van der Waals surface area contributed by atoms with Gasteiger partial charge in [0.1, 0.15) is 11.4 Å². The lowest BCUT2D eigenvalue weighted by atomic mass is 10.0. The van der Waals surface area contributed by atoms with E-state index < -0.39 is 15.8 Å². The third-order valence-corrected chi connectivity index (χ3v) is 8.94. The number of carbonyl (C=O) groups is 1. The summed E-state index contributed by atoms with van der Waals surface area (Å²) >= 11 is 0. The Hall–Kier alpha value is -3.82. The molecule has 0 aromatic heterocycles. The second-order valence-corrected chi connectivity index (χ2v) is 11.2. The molecule has 3 aromatic rings. The summed E-state index contributed by atoms with van der Waals surface area (Å²) in [6.07, 6.45) is 0.513. The zero-order valence-electron chi connectivity index (χ0n) is 21.3. The molecule has 0 unspecified atom stereocenters. The van der Waals surface area contributed by atoms with E-state index in [2.05, 4.69) is 21.9 Å². The van der Waals surface area contributed by atoms with E-state index >= 15 is 0 Å². The molecule has 0 radical (unpaired) electrons. The van der Waals surface area contributed by atoms with Crippen LogP contribution in [-0.4, -0.2) is 74.9 Å². The molecule has 0 amide bonds. The van der Waals surface area contributed by atoms with Crippen molar-refractivity contribution < 1.29 is 23.1 Å². The number of nitrogens with zero attached hydrogens (tertiary/aromatic N) is 3. The molecule has 1 saturated heterocycles. The number of fused-ring (bicyclic) bond motifs is 1. The first-order chi connectivity index (χ1) is 18.4. The fourth-order valence-corrected chi connectivity index (χ4v) is 6.71. The van der Waals surface area contributed by atoms with Crippen LogP contribution in [0, 0.1) is 0 Å². The van der Waals surface area contributed by atoms with Crippen LogP contribution in [0.2, 0.25) is 0 Å². The van der Waals surface area contributed by atoms with Crippen molar-refractivity contribution >= 4 is 27.3 Å². The molecule has 0 aliphatic carbocycles. The highest BCUT2D eigenvalue weighted by Gasteiger charge is 2.41. The highest BCUT2D eigenvalue weighted by Crippen LogP contribution is 2.35. The van der Waals surface area contributed by atoms with E-state index in [9.17, 15) is 18.3 Å². The van der Waals surface area contributed by atoms with Crippen LogP contribution >= 0.6 is 0 Å². The number of hydrogen-bond acceptors (Lipinski definition) is 7. The summed E-state index contributed by atoms with van der Waals surface area (Å²) in [5.74, 6) is -0.295. The molecule has 1 N–H and O–H groups in total. The van der Waals surface area contributed by atoms with Crippen LogP contribution in [0.25, 0.3) is 5.76 Å². The lowest BCUT2D eigenvalue weighted by Crippen LogP contribution is -2.47. The number of benzene rings is 3. The fraction of sp³-hybridized carbons (Fsp3) is 0.276. The maximum absolute atomic E-state index is 13.7. The van der Waals surface area contributed by atoms with Crippen molar-refractivity contribution in [2.24, 2.45) is 0 Å². The third-order valence-electron chi connectivity index (χ3n) is 7.08. The summed E-state index contributed by atoms with van der Waals surface area (Å²) in [7, 11) is -2.50. The number of sulfonamides is 1. The van der Waals surface area contributed by atoms with E-state index in [0.717, 1.165) is 30.5 Å². The number of anilines is 1. The number of allylic oxidation sites excluding steroid dienone is 1. The first-order valence-electron chi connectivity index (χ1n) is 12.7. The van der Waals surface area contributed by atoms with Crippen molar-refractivity contribution in [1.82, 2.24) is 9.21 Å². The van der Waals surface area contributed by atoms with Crippen LogP contribution in [0.4, 0.5) is 5.69 Å². The van der Waals surface area contributed by atoms with Gasteiger partial charge in [0.2, 0.25) is 5.78 Å². The Balaban J connectivity index is 1.36. The standard InChI is InChI=1S/C29H31N3O5S/c1-37-24-14-12-22(13-15-24)28(33)27-29(34)25-10-5-6-11-26(25)38(35,36)32(27)17-7-16-30-18-20-31(21-19-30)23-8-3-2-4-9-23/h2-6,8-15,33H,7,16-21H2,1H3/b28-27+. The quantitative estimate of drug-likeness (QED) is 0.362. The molecule has 8 nitrogen and oxygen atoms in total. The molecule has 9 heteroatoms. The van der Waals surface area contributed by atoms with E-state index in [1.807, 2.05) is 18.2 Å². The van der Waals surface area contributed by atoms with Gasteiger partial charge in [0.15, 0.2) is 5.76 Å². The average Bonchev–Trinajstić information content (AvgIpc) is 2.96. The van der Waals surface area contributed by atoms with Gasteiger partial charge in [-0.3, -0.25) is 14.0 Å². The number of carbonyl (C=O) groups excluding carboxylic acids is 1. The summed E-state index contributed by atoms with van der Waals surface area (Å²) in [6, 6.07) is 23.0. The molecule has 2 heterocycles. The van der Waals surface area contributed by atoms with Crippen LogP contribution in [0.3, 0.4) is 0 Å². The zero-order valence-corrected chi connectivity index (χ0v) is 22.1. The molecule has 0 saturated carbocycles. The van der Waals surface area contributed by atoms with E-state index in [4.69, 9.17) is 4.74 Å². The van der Waals surface area contributed by atoms with Crippen molar-refractivity contribution in [3.8, 4) is 5.75 Å². The van der Waals surface area contributed by atoms with Crippen LogP contribution in [-0.2, 0) is 10.0 Å². The number of ketones is 1. The zero-order chi connectivity index (χ0) is 26.7. The molecule has 0 atom stereocenters. The second-order valence-electron chi connectivity index (χ2n) is 9.35. The summed E-state index contributed by atoms with van der Waals surface area (Å²) < 4.78 is 33.6. The number of hydrogen-bond donors (Lipinski definition) is 1. The molecule has 1 fully saturated rings. The average molecular weight is 534 g/mol. The van der Waals surface area contributed by atoms with Gasteiger partial charge in [0.05, 0.1) is 12.0 Å². The number of rotatable bonds is 7. The predicted octanol–water partition coefficient (Wildman–Crippen LogP) is 4.02. The highest BCUT2D eigenvalue weighted by atomic mass is 32.2. The van der Waals surface area contributed by atoms with Gasteiger partial charge in [0.25, 0.3) is 10.0 Å². The number of Topliss-reactive ketones (excluding diaryl/α,β-unsaturated/α-hetero) is 1. The summed E-state index contributed by atoms with van der Waals surface area (Å²) in [5.41, 5.74) is 1.39. The summed E-state index contributed by atoms with van der Waals surface area (Å²) in [6.45, 7) is 4.27. The minimum absolute atomic E-state index is 0.0345. The van der Waals surface area contributed by atoms with Crippen molar-refractivity contribution in [3.63, 3.8) is 0 Å². The Morgan fingerprint density at radius 1 is 0.868 bits per heavy atom. The topological polar surface area (TPSA) is 90.4 Å². The summed E-state index contributed by atoms with van der Waals surface area (Å²) in [5, 5.41) is 11.2. The predicted molar refractivity (Wildman–Crippen MR) is 147 cm³/mol. The van der Waals surface area contributed by atoms with Crippen molar-refractivity contribution in [3.05, 3.63) is 95.7 Å². The minimum atomic E-state index is -4.04. The van der Waals surface area contributed by atoms with Crippen LogP contribution in [0.15, 0.2) is 89.5 Å². The molecule has 0 spiro atoms. The monoisotopic (exact) mass is 533 g/mol. The Morgan fingerprint density at radius 3 is 2.21 bits per heavy atom. The van der Waals surface area contributed by atoms with E-state index in [1.54, 1.807) is 36.4 Å². The number of aliphatic hydroxyl groups is 1. The lowest BCUT2D eigenvalue weighted by molar-refractivity contribution is 0.0997. The van der Waals surface area contributed by atoms with Gasteiger partial charge in [-0.2, -0.15) is 0 Å². The van der Waals surface area contributed by atoms with Crippen LogP contribution in [0.5, 0.6) is 5.75 Å². The molecule has 3 aromatic carbocycles. The Kier molecular flexibility index (Phi) is 7.40. The highest BCUT2D eigenvalue weighted by molar-refractivity contribution is 7.89. The van der Waals surface area contributed by atoms with E-state index in [1.165, 1.54) is 24.9 Å². The second kappa shape index (κ2) is 10.9. The van der Waals surface area contributed by atoms with Crippen molar-refractivity contribution in [2.45, 2.75) is 11.3 Å². The van der Waals surface area contributed by atoms with E-state index in [0.29, 0.717) is 24.3 Å².